The minimum absolute atomic E-state index is 0.513. The van der Waals surface area contributed by atoms with Crippen LogP contribution < -0.4 is 0 Å². The lowest BCUT2D eigenvalue weighted by molar-refractivity contribution is -0.131. The van der Waals surface area contributed by atoms with Gasteiger partial charge in [0.05, 0.1) is 0 Å². The van der Waals surface area contributed by atoms with Gasteiger partial charge in [0, 0.05) is 17.2 Å². The third-order valence-electron chi connectivity index (χ3n) is 11.9. The molecule has 0 unspecified atom stereocenters. The molecule has 0 bridgehead atoms. The molecule has 5 rings (SSSR count). The second kappa shape index (κ2) is 14.9. The first-order chi connectivity index (χ1) is 24.0. The van der Waals surface area contributed by atoms with Crippen LogP contribution in [0.1, 0.15) is 99.8 Å². The summed E-state index contributed by atoms with van der Waals surface area (Å²) in [5, 5.41) is 18.5. The molecule has 0 atom stereocenters. The van der Waals surface area contributed by atoms with Crippen molar-refractivity contribution in [3.8, 4) is 22.9 Å². The number of benzene rings is 5. The minimum atomic E-state index is -2.06. The van der Waals surface area contributed by atoms with Crippen LogP contribution in [0.15, 0.2) is 72.8 Å². The zero-order valence-corrected chi connectivity index (χ0v) is 34.8. The molecule has 0 aliphatic rings. The van der Waals surface area contributed by atoms with Crippen LogP contribution in [0.3, 0.4) is 0 Å². The zero-order chi connectivity index (χ0) is 37.4. The van der Waals surface area contributed by atoms with Crippen molar-refractivity contribution in [1.29, 1.82) is 0 Å². The molecule has 4 heteroatoms. The van der Waals surface area contributed by atoms with Crippen LogP contribution in [0.5, 0.6) is 0 Å². The lowest BCUT2D eigenvalue weighted by Gasteiger charge is -2.38. The molecular weight excluding hydrogens is 653 g/mol. The number of hydrogen-bond acceptors (Lipinski definition) is 1. The van der Waals surface area contributed by atoms with E-state index in [-0.39, 0.29) is 0 Å². The summed E-state index contributed by atoms with van der Waals surface area (Å²) in [5.41, 5.74) is 14.3. The Kier molecular flexibility index (Phi) is 11.1. The van der Waals surface area contributed by atoms with Gasteiger partial charge in [-0.25, -0.2) is 4.79 Å². The highest BCUT2D eigenvalue weighted by Gasteiger charge is 2.43. The first kappa shape index (κ1) is 38.1. The standard InChI is InChI=1S/C47H56O2Si2/c1-30(2)50(31(3)4,32(5)6)23-21-41-43-26-37-15-13-14-16-38(37)27-44(43)42(22-24-51(33(7)8,34(9)10)35(11)12)46-29-40-25-36(18-20-47(48)49)17-19-39(40)28-45(41)46/h13-20,25-35H,1-12H3,(H,48,49)/b20-18+. The van der Waals surface area contributed by atoms with Crippen LogP contribution in [-0.4, -0.2) is 27.2 Å². The highest BCUT2D eigenvalue weighted by atomic mass is 28.3. The molecule has 2 nitrogen and oxygen atoms in total. The molecule has 0 heterocycles. The predicted octanol–water partition coefficient (Wildman–Crippen LogP) is 13.5. The molecule has 264 valence electrons. The van der Waals surface area contributed by atoms with E-state index in [0.717, 1.165) is 43.6 Å². The molecule has 5 aromatic rings. The van der Waals surface area contributed by atoms with Gasteiger partial charge < -0.3 is 5.11 Å². The number of fused-ring (bicyclic) bond motifs is 4. The molecule has 0 saturated carbocycles. The van der Waals surface area contributed by atoms with E-state index in [2.05, 4.69) is 167 Å². The third-order valence-corrected chi connectivity index (χ3v) is 24.5. The van der Waals surface area contributed by atoms with Gasteiger partial charge in [0.25, 0.3) is 0 Å². The van der Waals surface area contributed by atoms with E-state index in [4.69, 9.17) is 0 Å². The Bertz CT molecular complexity index is 2240. The van der Waals surface area contributed by atoms with Crippen molar-refractivity contribution < 1.29 is 9.90 Å². The van der Waals surface area contributed by atoms with Crippen molar-refractivity contribution in [3.63, 3.8) is 0 Å². The molecule has 0 aromatic heterocycles. The number of carboxylic acids is 1. The van der Waals surface area contributed by atoms with Gasteiger partial charge in [-0.05, 0) is 118 Å². The average molecular weight is 709 g/mol. The first-order valence-electron chi connectivity index (χ1n) is 18.9. The summed E-state index contributed by atoms with van der Waals surface area (Å²) < 4.78 is 0. The number of aliphatic carboxylic acids is 1. The van der Waals surface area contributed by atoms with Crippen molar-refractivity contribution in [2.24, 2.45) is 0 Å². The van der Waals surface area contributed by atoms with Crippen LogP contribution >= 0.6 is 0 Å². The number of rotatable bonds is 8. The van der Waals surface area contributed by atoms with E-state index in [1.807, 2.05) is 6.07 Å². The fourth-order valence-electron chi connectivity index (χ4n) is 9.42. The fourth-order valence-corrected chi connectivity index (χ4v) is 19.8. The second-order valence-corrected chi connectivity index (χ2v) is 27.6. The van der Waals surface area contributed by atoms with Gasteiger partial charge in [-0.3, -0.25) is 0 Å². The maximum absolute atomic E-state index is 11.4. The molecule has 0 saturated heterocycles. The normalized spacial score (nSPS) is 12.7. The Labute approximate surface area is 308 Å². The Morgan fingerprint density at radius 3 is 1.24 bits per heavy atom. The zero-order valence-electron chi connectivity index (χ0n) is 32.8. The van der Waals surface area contributed by atoms with Gasteiger partial charge in [-0.1, -0.05) is 131 Å². The highest BCUT2D eigenvalue weighted by Crippen LogP contribution is 2.44. The highest BCUT2D eigenvalue weighted by molar-refractivity contribution is 6.91. The fraction of sp³-hybridized carbons (Fsp3) is 0.383. The van der Waals surface area contributed by atoms with E-state index >= 15 is 0 Å². The Morgan fingerprint density at radius 1 is 0.529 bits per heavy atom. The first-order valence-corrected chi connectivity index (χ1v) is 23.3. The SMILES string of the molecule is CC(C)[Si](C#Cc1c2cc3ccccc3cc2c(C#C[Si](C(C)C)(C(C)C)C(C)C)c2cc3cc(/C=C/C(=O)O)ccc3cc12)(C(C)C)C(C)C. The van der Waals surface area contributed by atoms with Crippen molar-refractivity contribution in [1.82, 2.24) is 0 Å². The number of carbonyl (C=O) groups is 1. The Morgan fingerprint density at radius 2 is 0.882 bits per heavy atom. The quantitative estimate of drug-likeness (QED) is 0.0754. The summed E-state index contributed by atoms with van der Waals surface area (Å²) in [6.07, 6.45) is 2.87. The lowest BCUT2D eigenvalue weighted by Crippen LogP contribution is -2.43. The minimum Gasteiger partial charge on any atom is -0.478 e. The number of carboxylic acid groups (broad SMARTS) is 1. The molecule has 0 aliphatic heterocycles. The van der Waals surface area contributed by atoms with Gasteiger partial charge in [-0.15, -0.1) is 11.1 Å². The molecular formula is C47H56O2Si2. The summed E-state index contributed by atoms with van der Waals surface area (Å²) in [4.78, 5) is 11.4. The van der Waals surface area contributed by atoms with Gasteiger partial charge in [0.1, 0.15) is 16.1 Å². The van der Waals surface area contributed by atoms with Crippen LogP contribution in [0.25, 0.3) is 49.2 Å². The maximum atomic E-state index is 11.4. The molecule has 0 radical (unpaired) electrons. The summed E-state index contributed by atoms with van der Waals surface area (Å²) in [7, 11) is -4.11. The third kappa shape index (κ3) is 6.94. The van der Waals surface area contributed by atoms with Gasteiger partial charge >= 0.3 is 5.97 Å². The molecule has 51 heavy (non-hydrogen) atoms. The summed E-state index contributed by atoms with van der Waals surface area (Å²) in [6.45, 7) is 28.5. The average Bonchev–Trinajstić information content (AvgIpc) is 3.05. The Balaban J connectivity index is 2.03. The lowest BCUT2D eigenvalue weighted by atomic mass is 9.88. The maximum Gasteiger partial charge on any atom is 0.328 e. The monoisotopic (exact) mass is 708 g/mol. The van der Waals surface area contributed by atoms with E-state index in [0.29, 0.717) is 33.2 Å². The van der Waals surface area contributed by atoms with Crippen molar-refractivity contribution >= 4 is 71.3 Å². The number of hydrogen-bond donors (Lipinski definition) is 1. The van der Waals surface area contributed by atoms with E-state index in [9.17, 15) is 9.90 Å². The van der Waals surface area contributed by atoms with Gasteiger partial charge in [0.2, 0.25) is 0 Å². The van der Waals surface area contributed by atoms with Crippen LogP contribution in [0.4, 0.5) is 0 Å². The van der Waals surface area contributed by atoms with Crippen LogP contribution in [0.2, 0.25) is 33.2 Å². The van der Waals surface area contributed by atoms with Crippen molar-refractivity contribution in [2.45, 2.75) is 116 Å². The van der Waals surface area contributed by atoms with Crippen LogP contribution in [0, 0.1) is 22.9 Å². The summed E-state index contributed by atoms with van der Waals surface area (Å²) >= 11 is 0. The van der Waals surface area contributed by atoms with Gasteiger partial charge in [0.15, 0.2) is 0 Å². The smallest absolute Gasteiger partial charge is 0.328 e. The van der Waals surface area contributed by atoms with Crippen LogP contribution in [-0.2, 0) is 4.79 Å². The molecule has 0 amide bonds. The van der Waals surface area contributed by atoms with E-state index in [1.165, 1.54) is 22.2 Å². The molecule has 5 aromatic carbocycles. The largest absolute Gasteiger partial charge is 0.478 e. The van der Waals surface area contributed by atoms with E-state index < -0.39 is 22.1 Å². The predicted molar refractivity (Wildman–Crippen MR) is 229 cm³/mol. The summed E-state index contributed by atoms with van der Waals surface area (Å²) in [5.74, 6) is 6.92. The van der Waals surface area contributed by atoms with Crippen molar-refractivity contribution in [3.05, 3.63) is 89.5 Å². The summed E-state index contributed by atoms with van der Waals surface area (Å²) in [6, 6.07) is 24.1. The second-order valence-electron chi connectivity index (χ2n) is 16.5. The topological polar surface area (TPSA) is 37.3 Å². The van der Waals surface area contributed by atoms with E-state index in [1.54, 1.807) is 6.08 Å². The Hall–Kier alpha value is -4.10. The van der Waals surface area contributed by atoms with Crippen molar-refractivity contribution in [2.75, 3.05) is 0 Å². The molecule has 1 N–H and O–H groups in total. The van der Waals surface area contributed by atoms with Gasteiger partial charge in [-0.2, -0.15) is 0 Å². The molecule has 0 spiro atoms. The molecule has 0 aliphatic carbocycles. The molecule has 0 fully saturated rings.